The lowest BCUT2D eigenvalue weighted by Gasteiger charge is -2.39. The second-order valence-corrected chi connectivity index (χ2v) is 5.21. The zero-order valence-corrected chi connectivity index (χ0v) is 11.4. The van der Waals surface area contributed by atoms with E-state index in [9.17, 15) is 9.18 Å². The summed E-state index contributed by atoms with van der Waals surface area (Å²) in [6.07, 6.45) is 1.79. The molecule has 0 radical (unpaired) electrons. The van der Waals surface area contributed by atoms with Gasteiger partial charge in [-0.1, -0.05) is 12.1 Å². The third kappa shape index (κ3) is 3.23. The summed E-state index contributed by atoms with van der Waals surface area (Å²) < 4.78 is 13.5. The lowest BCUT2D eigenvalue weighted by atomic mass is 9.90. The molecule has 0 spiro atoms. The molecule has 19 heavy (non-hydrogen) atoms. The Morgan fingerprint density at radius 1 is 1.32 bits per heavy atom. The van der Waals surface area contributed by atoms with Crippen LogP contribution >= 0.6 is 0 Å². The van der Waals surface area contributed by atoms with Crippen LogP contribution in [0.5, 0.6) is 0 Å². The highest BCUT2D eigenvalue weighted by molar-refractivity contribution is 5.89. The van der Waals surface area contributed by atoms with Gasteiger partial charge in [0, 0.05) is 18.6 Å². The number of anilines is 1. The normalized spacial score (nSPS) is 18.2. The molecule has 0 aromatic heterocycles. The number of urea groups is 1. The summed E-state index contributed by atoms with van der Waals surface area (Å²) in [7, 11) is 1.94. The minimum atomic E-state index is -0.409. The van der Waals surface area contributed by atoms with E-state index in [0.717, 1.165) is 12.8 Å². The van der Waals surface area contributed by atoms with E-state index < -0.39 is 5.82 Å². The fourth-order valence-electron chi connectivity index (χ4n) is 2.21. The summed E-state index contributed by atoms with van der Waals surface area (Å²) >= 11 is 0. The Bertz CT molecular complexity index is 456. The van der Waals surface area contributed by atoms with Gasteiger partial charge in [-0.2, -0.15) is 0 Å². The van der Waals surface area contributed by atoms with Gasteiger partial charge in [0.05, 0.1) is 5.69 Å². The zero-order valence-electron chi connectivity index (χ0n) is 11.4. The first-order valence-corrected chi connectivity index (χ1v) is 6.53. The van der Waals surface area contributed by atoms with Crippen molar-refractivity contribution in [1.29, 1.82) is 0 Å². The zero-order chi connectivity index (χ0) is 13.9. The molecule has 0 aliphatic carbocycles. The van der Waals surface area contributed by atoms with Crippen LogP contribution in [0.25, 0.3) is 0 Å². The van der Waals surface area contributed by atoms with E-state index in [1.54, 1.807) is 23.1 Å². The van der Waals surface area contributed by atoms with Crippen LogP contribution in [-0.2, 0) is 0 Å². The van der Waals surface area contributed by atoms with Crippen LogP contribution in [0.4, 0.5) is 14.9 Å². The standard InChI is InChI=1S/C14H20FN3O/c1-14(16-2)7-9-18(10-8-14)13(19)17-12-6-4-3-5-11(12)15/h3-6,16H,7-10H2,1-2H3,(H,17,19). The Kier molecular flexibility index (Phi) is 4.04. The van der Waals surface area contributed by atoms with Crippen LogP contribution in [0, 0.1) is 5.82 Å². The van der Waals surface area contributed by atoms with Gasteiger partial charge in [-0.3, -0.25) is 0 Å². The number of hydrogen-bond donors (Lipinski definition) is 2. The van der Waals surface area contributed by atoms with Gasteiger partial charge in [0.1, 0.15) is 5.82 Å². The van der Waals surface area contributed by atoms with Crippen molar-refractivity contribution in [2.75, 3.05) is 25.5 Å². The number of nitrogens with one attached hydrogen (secondary N) is 2. The van der Waals surface area contributed by atoms with Crippen LogP contribution < -0.4 is 10.6 Å². The topological polar surface area (TPSA) is 44.4 Å². The smallest absolute Gasteiger partial charge is 0.321 e. The number of hydrogen-bond acceptors (Lipinski definition) is 2. The molecule has 2 N–H and O–H groups in total. The highest BCUT2D eigenvalue weighted by Crippen LogP contribution is 2.22. The molecular weight excluding hydrogens is 245 g/mol. The van der Waals surface area contributed by atoms with Crippen LogP contribution in [-0.4, -0.2) is 36.6 Å². The van der Waals surface area contributed by atoms with Crippen molar-refractivity contribution in [3.05, 3.63) is 30.1 Å². The highest BCUT2D eigenvalue weighted by atomic mass is 19.1. The molecule has 2 amide bonds. The average molecular weight is 265 g/mol. The molecule has 104 valence electrons. The summed E-state index contributed by atoms with van der Waals surface area (Å²) in [5.41, 5.74) is 0.323. The van der Waals surface area contributed by atoms with E-state index in [4.69, 9.17) is 0 Å². The minimum absolute atomic E-state index is 0.0920. The number of halogens is 1. The number of benzene rings is 1. The number of carbonyl (C=O) groups is 1. The third-order valence-corrected chi connectivity index (χ3v) is 3.87. The van der Waals surface area contributed by atoms with Crippen molar-refractivity contribution in [2.24, 2.45) is 0 Å². The van der Waals surface area contributed by atoms with Crippen LogP contribution in [0.2, 0.25) is 0 Å². The summed E-state index contributed by atoms with van der Waals surface area (Å²) in [5.74, 6) is -0.409. The van der Waals surface area contributed by atoms with E-state index in [1.165, 1.54) is 6.07 Å². The summed E-state index contributed by atoms with van der Waals surface area (Å²) in [5, 5.41) is 5.90. The molecule has 1 aromatic carbocycles. The predicted octanol–water partition coefficient (Wildman–Crippen LogP) is 2.43. The number of carbonyl (C=O) groups excluding carboxylic acids is 1. The van der Waals surface area contributed by atoms with Gasteiger partial charge in [0.25, 0.3) is 0 Å². The molecular formula is C14H20FN3O. The second-order valence-electron chi connectivity index (χ2n) is 5.21. The maximum atomic E-state index is 13.5. The molecule has 1 saturated heterocycles. The molecule has 5 heteroatoms. The SMILES string of the molecule is CNC1(C)CCN(C(=O)Nc2ccccc2F)CC1. The Labute approximate surface area is 113 Å². The molecule has 0 atom stereocenters. The van der Waals surface area contributed by atoms with Gasteiger partial charge in [-0.05, 0) is 38.9 Å². The van der Waals surface area contributed by atoms with Gasteiger partial charge < -0.3 is 15.5 Å². The van der Waals surface area contributed by atoms with Crippen molar-refractivity contribution >= 4 is 11.7 Å². The van der Waals surface area contributed by atoms with Crippen LogP contribution in [0.3, 0.4) is 0 Å². The van der Waals surface area contributed by atoms with E-state index >= 15 is 0 Å². The van der Waals surface area contributed by atoms with Gasteiger partial charge in [-0.25, -0.2) is 9.18 Å². The maximum Gasteiger partial charge on any atom is 0.321 e. The first-order chi connectivity index (χ1) is 9.04. The Morgan fingerprint density at radius 2 is 1.95 bits per heavy atom. The molecule has 1 aliphatic heterocycles. The van der Waals surface area contributed by atoms with Gasteiger partial charge >= 0.3 is 6.03 Å². The summed E-state index contributed by atoms with van der Waals surface area (Å²) in [6.45, 7) is 3.51. The fraction of sp³-hybridized carbons (Fsp3) is 0.500. The molecule has 0 unspecified atom stereocenters. The third-order valence-electron chi connectivity index (χ3n) is 3.87. The molecule has 1 aromatic rings. The number of nitrogens with zero attached hydrogens (tertiary/aromatic N) is 1. The summed E-state index contributed by atoms with van der Waals surface area (Å²) in [4.78, 5) is 13.8. The van der Waals surface area contributed by atoms with Crippen molar-refractivity contribution in [3.8, 4) is 0 Å². The van der Waals surface area contributed by atoms with Gasteiger partial charge in [0.2, 0.25) is 0 Å². The first kappa shape index (κ1) is 13.8. The van der Waals surface area contributed by atoms with E-state index in [0.29, 0.717) is 13.1 Å². The maximum absolute atomic E-state index is 13.5. The minimum Gasteiger partial charge on any atom is -0.324 e. The molecule has 2 rings (SSSR count). The Balaban J connectivity index is 1.94. The van der Waals surface area contributed by atoms with E-state index in [1.807, 2.05) is 7.05 Å². The molecule has 0 saturated carbocycles. The van der Waals surface area contributed by atoms with Crippen LogP contribution in [0.15, 0.2) is 24.3 Å². The van der Waals surface area contributed by atoms with Crippen molar-refractivity contribution in [2.45, 2.75) is 25.3 Å². The molecule has 1 fully saturated rings. The van der Waals surface area contributed by atoms with E-state index in [-0.39, 0.29) is 17.3 Å². The molecule has 0 bridgehead atoms. The number of rotatable bonds is 2. The van der Waals surface area contributed by atoms with Gasteiger partial charge in [-0.15, -0.1) is 0 Å². The monoisotopic (exact) mass is 265 g/mol. The first-order valence-electron chi connectivity index (χ1n) is 6.53. The number of piperidine rings is 1. The number of para-hydroxylation sites is 1. The highest BCUT2D eigenvalue weighted by Gasteiger charge is 2.30. The van der Waals surface area contributed by atoms with Gasteiger partial charge in [0.15, 0.2) is 0 Å². The fourth-order valence-corrected chi connectivity index (χ4v) is 2.21. The Morgan fingerprint density at radius 3 is 2.53 bits per heavy atom. The second kappa shape index (κ2) is 5.57. The molecule has 1 aliphatic rings. The number of likely N-dealkylation sites (tertiary alicyclic amines) is 1. The lowest BCUT2D eigenvalue weighted by molar-refractivity contribution is 0.163. The van der Waals surface area contributed by atoms with Crippen molar-refractivity contribution < 1.29 is 9.18 Å². The molecule has 4 nitrogen and oxygen atoms in total. The van der Waals surface area contributed by atoms with Crippen molar-refractivity contribution in [3.63, 3.8) is 0 Å². The molecule has 1 heterocycles. The van der Waals surface area contributed by atoms with Crippen molar-refractivity contribution in [1.82, 2.24) is 10.2 Å². The average Bonchev–Trinajstić information content (AvgIpc) is 2.42. The predicted molar refractivity (Wildman–Crippen MR) is 73.7 cm³/mol. The number of amides is 2. The lowest BCUT2D eigenvalue weighted by Crippen LogP contribution is -2.52. The quantitative estimate of drug-likeness (QED) is 0.862. The van der Waals surface area contributed by atoms with Crippen LogP contribution in [0.1, 0.15) is 19.8 Å². The Hall–Kier alpha value is -1.62. The summed E-state index contributed by atoms with van der Waals surface area (Å²) in [6, 6.07) is 5.97. The largest absolute Gasteiger partial charge is 0.324 e. The van der Waals surface area contributed by atoms with E-state index in [2.05, 4.69) is 17.6 Å².